The predicted molar refractivity (Wildman–Crippen MR) is 67.0 cm³/mol. The van der Waals surface area contributed by atoms with Crippen molar-refractivity contribution in [1.29, 1.82) is 0 Å². The second kappa shape index (κ2) is 4.79. The Balaban J connectivity index is 2.47. The van der Waals surface area contributed by atoms with E-state index in [-0.39, 0.29) is 23.7 Å². The minimum absolute atomic E-state index is 0.00570. The van der Waals surface area contributed by atoms with Gasteiger partial charge in [0, 0.05) is 17.5 Å². The van der Waals surface area contributed by atoms with Crippen LogP contribution in [0.15, 0.2) is 47.3 Å². The maximum atomic E-state index is 11.4. The average molecular weight is 244 g/mol. The summed E-state index contributed by atoms with van der Waals surface area (Å²) in [5, 5.41) is 28.7. The van der Waals surface area contributed by atoms with Gasteiger partial charge in [-0.15, -0.1) is 0 Å². The van der Waals surface area contributed by atoms with Crippen LogP contribution in [0.5, 0.6) is 17.2 Å². The van der Waals surface area contributed by atoms with Crippen molar-refractivity contribution in [3.8, 4) is 17.2 Å². The van der Waals surface area contributed by atoms with Gasteiger partial charge >= 0.3 is 0 Å². The second-order valence-corrected chi connectivity index (χ2v) is 3.95. The molecule has 0 aliphatic heterocycles. The summed E-state index contributed by atoms with van der Waals surface area (Å²) in [4.78, 5) is 11.4. The van der Waals surface area contributed by atoms with Gasteiger partial charge in [-0.3, -0.25) is 4.79 Å². The van der Waals surface area contributed by atoms with E-state index in [1.807, 2.05) is 0 Å². The Morgan fingerprint density at radius 1 is 0.889 bits per heavy atom. The third kappa shape index (κ3) is 2.43. The van der Waals surface area contributed by atoms with Crippen molar-refractivity contribution < 1.29 is 15.3 Å². The first kappa shape index (κ1) is 12.0. The predicted octanol–water partition coefficient (Wildman–Crippen LogP) is 1.75. The molecule has 0 aromatic heterocycles. The summed E-state index contributed by atoms with van der Waals surface area (Å²) in [6.07, 6.45) is 0.163. The standard InChI is InChI=1S/C14H12O4/c15-11-5-6-12(16)10(8-11)7-9-3-1-2-4-13(17)14(9)18/h1-6,8,15-16H,7H2,(H,17,18). The van der Waals surface area contributed by atoms with E-state index in [9.17, 15) is 20.1 Å². The van der Waals surface area contributed by atoms with Crippen molar-refractivity contribution in [3.63, 3.8) is 0 Å². The van der Waals surface area contributed by atoms with Gasteiger partial charge in [0.1, 0.15) is 11.5 Å². The van der Waals surface area contributed by atoms with Crippen molar-refractivity contribution in [2.75, 3.05) is 0 Å². The maximum absolute atomic E-state index is 11.4. The lowest BCUT2D eigenvalue weighted by molar-refractivity contribution is 0.452. The molecular weight excluding hydrogens is 232 g/mol. The molecule has 0 unspecified atom stereocenters. The quantitative estimate of drug-likeness (QED) is 0.703. The van der Waals surface area contributed by atoms with Gasteiger partial charge in [0.15, 0.2) is 5.75 Å². The molecule has 0 bridgehead atoms. The lowest BCUT2D eigenvalue weighted by Gasteiger charge is -2.05. The van der Waals surface area contributed by atoms with Crippen molar-refractivity contribution in [2.24, 2.45) is 0 Å². The smallest absolute Gasteiger partial charge is 0.220 e. The van der Waals surface area contributed by atoms with Crippen molar-refractivity contribution in [1.82, 2.24) is 0 Å². The fourth-order valence-electron chi connectivity index (χ4n) is 1.69. The summed E-state index contributed by atoms with van der Waals surface area (Å²) in [7, 11) is 0. The first-order valence-electron chi connectivity index (χ1n) is 5.40. The lowest BCUT2D eigenvalue weighted by atomic mass is 10.0. The van der Waals surface area contributed by atoms with Crippen LogP contribution in [-0.2, 0) is 6.42 Å². The molecule has 2 aromatic rings. The summed E-state index contributed by atoms with van der Waals surface area (Å²) in [5.74, 6) is -0.321. The Kier molecular flexibility index (Phi) is 3.19. The molecule has 3 N–H and O–H groups in total. The fraction of sp³-hybridized carbons (Fsp3) is 0.0714. The van der Waals surface area contributed by atoms with Gasteiger partial charge in [0.25, 0.3) is 0 Å². The highest BCUT2D eigenvalue weighted by Crippen LogP contribution is 2.26. The van der Waals surface area contributed by atoms with Crippen LogP contribution in [0.3, 0.4) is 0 Å². The largest absolute Gasteiger partial charge is 0.508 e. The molecule has 4 nitrogen and oxygen atoms in total. The Bertz CT molecular complexity index is 635. The molecule has 92 valence electrons. The molecule has 0 atom stereocenters. The summed E-state index contributed by atoms with van der Waals surface area (Å²) in [5.41, 5.74) is 0.358. The van der Waals surface area contributed by atoms with E-state index in [0.717, 1.165) is 0 Å². The minimum Gasteiger partial charge on any atom is -0.508 e. The van der Waals surface area contributed by atoms with Gasteiger partial charge in [-0.25, -0.2) is 0 Å². The molecule has 0 amide bonds. The van der Waals surface area contributed by atoms with E-state index in [4.69, 9.17) is 0 Å². The molecule has 0 aliphatic carbocycles. The van der Waals surface area contributed by atoms with Crippen LogP contribution in [0.1, 0.15) is 11.1 Å². The monoisotopic (exact) mass is 244 g/mol. The molecule has 0 saturated heterocycles. The minimum atomic E-state index is -0.477. The van der Waals surface area contributed by atoms with Gasteiger partial charge in [-0.1, -0.05) is 18.2 Å². The van der Waals surface area contributed by atoms with Crippen molar-refractivity contribution in [2.45, 2.75) is 6.42 Å². The van der Waals surface area contributed by atoms with E-state index in [0.29, 0.717) is 11.1 Å². The van der Waals surface area contributed by atoms with Gasteiger partial charge in [0.05, 0.1) is 0 Å². The Hall–Kier alpha value is -2.49. The third-order valence-electron chi connectivity index (χ3n) is 2.64. The summed E-state index contributed by atoms with van der Waals surface area (Å²) < 4.78 is 0. The summed E-state index contributed by atoms with van der Waals surface area (Å²) in [6.45, 7) is 0. The van der Waals surface area contributed by atoms with E-state index in [1.54, 1.807) is 12.1 Å². The topological polar surface area (TPSA) is 77.8 Å². The zero-order valence-electron chi connectivity index (χ0n) is 9.50. The van der Waals surface area contributed by atoms with Gasteiger partial charge < -0.3 is 15.3 Å². The van der Waals surface area contributed by atoms with Crippen molar-refractivity contribution >= 4 is 0 Å². The molecule has 0 saturated carbocycles. The third-order valence-corrected chi connectivity index (χ3v) is 2.64. The molecule has 18 heavy (non-hydrogen) atoms. The van der Waals surface area contributed by atoms with Gasteiger partial charge in [0.2, 0.25) is 5.43 Å². The van der Waals surface area contributed by atoms with E-state index in [1.165, 1.54) is 30.3 Å². The Morgan fingerprint density at radius 2 is 1.61 bits per heavy atom. The normalized spacial score (nSPS) is 10.2. The van der Waals surface area contributed by atoms with E-state index < -0.39 is 5.43 Å². The molecule has 0 aliphatic rings. The Morgan fingerprint density at radius 3 is 2.39 bits per heavy atom. The first-order chi connectivity index (χ1) is 8.58. The van der Waals surface area contributed by atoms with Crippen LogP contribution < -0.4 is 5.43 Å². The molecule has 0 spiro atoms. The van der Waals surface area contributed by atoms with E-state index in [2.05, 4.69) is 0 Å². The first-order valence-corrected chi connectivity index (χ1v) is 5.40. The van der Waals surface area contributed by atoms with Crippen LogP contribution in [0, 0.1) is 0 Å². The van der Waals surface area contributed by atoms with Crippen LogP contribution in [0.4, 0.5) is 0 Å². The fourth-order valence-corrected chi connectivity index (χ4v) is 1.69. The Labute approximate surface area is 103 Å². The van der Waals surface area contributed by atoms with Crippen molar-refractivity contribution in [3.05, 3.63) is 63.8 Å². The van der Waals surface area contributed by atoms with Crippen LogP contribution in [0.2, 0.25) is 0 Å². The highest BCUT2D eigenvalue weighted by molar-refractivity contribution is 5.44. The lowest BCUT2D eigenvalue weighted by Crippen LogP contribution is -1.97. The highest BCUT2D eigenvalue weighted by Gasteiger charge is 2.08. The number of aromatic hydroxyl groups is 3. The summed E-state index contributed by atoms with van der Waals surface area (Å²) >= 11 is 0. The average Bonchev–Trinajstić information content (AvgIpc) is 2.49. The number of rotatable bonds is 2. The van der Waals surface area contributed by atoms with Crippen LogP contribution in [0.25, 0.3) is 0 Å². The highest BCUT2D eigenvalue weighted by atomic mass is 16.3. The second-order valence-electron chi connectivity index (χ2n) is 3.95. The molecule has 2 aromatic carbocycles. The number of phenolic OH excluding ortho intramolecular Hbond substituents is 2. The molecule has 2 rings (SSSR count). The maximum Gasteiger partial charge on any atom is 0.220 e. The number of hydrogen-bond donors (Lipinski definition) is 3. The number of phenols is 2. The number of benzene rings is 1. The number of hydrogen-bond acceptors (Lipinski definition) is 4. The molecular formula is C14H12O4. The molecule has 0 radical (unpaired) electrons. The van der Waals surface area contributed by atoms with Crippen LogP contribution >= 0.6 is 0 Å². The van der Waals surface area contributed by atoms with Crippen LogP contribution in [-0.4, -0.2) is 15.3 Å². The van der Waals surface area contributed by atoms with Gasteiger partial charge in [-0.05, 0) is 24.3 Å². The van der Waals surface area contributed by atoms with E-state index >= 15 is 0 Å². The molecule has 0 fully saturated rings. The summed E-state index contributed by atoms with van der Waals surface area (Å²) in [6, 6.07) is 10.2. The zero-order valence-corrected chi connectivity index (χ0v) is 9.50. The molecule has 4 heteroatoms. The zero-order chi connectivity index (χ0) is 13.1. The van der Waals surface area contributed by atoms with Gasteiger partial charge in [-0.2, -0.15) is 0 Å². The molecule has 0 heterocycles. The SMILES string of the molecule is O=c1ccccc(Cc2cc(O)ccc2O)c1O.